The van der Waals surface area contributed by atoms with E-state index in [1.165, 1.54) is 10.8 Å². The minimum absolute atomic E-state index is 0.0120. The summed E-state index contributed by atoms with van der Waals surface area (Å²) in [5.74, 6) is -0.0570. The van der Waals surface area contributed by atoms with Crippen molar-refractivity contribution < 1.29 is 9.59 Å². The van der Waals surface area contributed by atoms with E-state index in [1.807, 2.05) is 57.2 Å². The zero-order valence-electron chi connectivity index (χ0n) is 19.4. The molecule has 1 atom stereocenters. The van der Waals surface area contributed by atoms with Crippen LogP contribution in [0.1, 0.15) is 49.8 Å². The number of carbonyl (C=O) groups is 2. The fourth-order valence-corrected chi connectivity index (χ4v) is 4.19. The number of fused-ring (bicyclic) bond motifs is 1. The second kappa shape index (κ2) is 11.5. The molecule has 1 unspecified atom stereocenters. The lowest BCUT2D eigenvalue weighted by atomic mass is 10.00. The van der Waals surface area contributed by atoms with Gasteiger partial charge in [0, 0.05) is 19.5 Å². The Hall–Kier alpha value is -3.14. The van der Waals surface area contributed by atoms with Gasteiger partial charge in [0.2, 0.25) is 11.8 Å². The summed E-state index contributed by atoms with van der Waals surface area (Å²) >= 11 is 0. The first-order valence-electron chi connectivity index (χ1n) is 11.6. The van der Waals surface area contributed by atoms with E-state index >= 15 is 0 Å². The predicted octanol–water partition coefficient (Wildman–Crippen LogP) is 5.41. The summed E-state index contributed by atoms with van der Waals surface area (Å²) in [4.78, 5) is 28.1. The molecular weight excluding hydrogens is 396 g/mol. The molecule has 0 fully saturated rings. The zero-order valence-corrected chi connectivity index (χ0v) is 19.4. The Morgan fingerprint density at radius 1 is 0.969 bits per heavy atom. The van der Waals surface area contributed by atoms with Crippen molar-refractivity contribution in [2.75, 3.05) is 6.54 Å². The van der Waals surface area contributed by atoms with E-state index in [2.05, 4.69) is 35.6 Å². The van der Waals surface area contributed by atoms with Crippen LogP contribution in [0.3, 0.4) is 0 Å². The van der Waals surface area contributed by atoms with Crippen LogP contribution in [0.2, 0.25) is 0 Å². The Morgan fingerprint density at radius 3 is 2.47 bits per heavy atom. The molecule has 4 heteroatoms. The highest BCUT2D eigenvalue weighted by atomic mass is 16.2. The fourth-order valence-electron chi connectivity index (χ4n) is 4.19. The molecule has 0 bridgehead atoms. The number of aryl methyl sites for hydroxylation is 2. The van der Waals surface area contributed by atoms with E-state index in [4.69, 9.17) is 0 Å². The molecule has 0 aliphatic carbocycles. The van der Waals surface area contributed by atoms with Crippen molar-refractivity contribution in [3.05, 3.63) is 83.4 Å². The molecule has 0 heterocycles. The van der Waals surface area contributed by atoms with Gasteiger partial charge in [0.15, 0.2) is 0 Å². The second-order valence-electron chi connectivity index (χ2n) is 8.36. The molecule has 0 aliphatic rings. The summed E-state index contributed by atoms with van der Waals surface area (Å²) in [6.45, 7) is 7.10. The van der Waals surface area contributed by atoms with Gasteiger partial charge >= 0.3 is 0 Å². The average molecular weight is 431 g/mol. The molecular formula is C28H34N2O2. The van der Waals surface area contributed by atoms with E-state index in [9.17, 15) is 9.59 Å². The van der Waals surface area contributed by atoms with Gasteiger partial charge in [-0.15, -0.1) is 0 Å². The van der Waals surface area contributed by atoms with E-state index in [-0.39, 0.29) is 11.8 Å². The fraction of sp³-hybridized carbons (Fsp3) is 0.357. The van der Waals surface area contributed by atoms with Gasteiger partial charge in [-0.3, -0.25) is 9.59 Å². The third-order valence-corrected chi connectivity index (χ3v) is 5.86. The van der Waals surface area contributed by atoms with Gasteiger partial charge < -0.3 is 10.2 Å². The lowest BCUT2D eigenvalue weighted by molar-refractivity contribution is -0.141. The van der Waals surface area contributed by atoms with E-state index in [0.29, 0.717) is 32.4 Å². The lowest BCUT2D eigenvalue weighted by Crippen LogP contribution is -2.49. The molecule has 0 saturated carbocycles. The second-order valence-corrected chi connectivity index (χ2v) is 8.36. The maximum absolute atomic E-state index is 13.5. The number of hydrogen-bond acceptors (Lipinski definition) is 2. The molecule has 0 aliphatic heterocycles. The van der Waals surface area contributed by atoms with Crippen molar-refractivity contribution in [1.29, 1.82) is 0 Å². The summed E-state index contributed by atoms with van der Waals surface area (Å²) in [6.07, 6.45) is 2.48. The van der Waals surface area contributed by atoms with Gasteiger partial charge in [-0.25, -0.2) is 0 Å². The van der Waals surface area contributed by atoms with Crippen LogP contribution in [0.5, 0.6) is 0 Å². The first-order valence-corrected chi connectivity index (χ1v) is 11.6. The number of nitrogens with one attached hydrogen (secondary N) is 1. The molecule has 0 aromatic heterocycles. The van der Waals surface area contributed by atoms with Crippen LogP contribution in [0, 0.1) is 6.92 Å². The Bertz CT molecular complexity index is 1050. The number of nitrogens with zero attached hydrogens (tertiary/aromatic N) is 1. The molecule has 0 saturated heterocycles. The van der Waals surface area contributed by atoms with Gasteiger partial charge in [0.05, 0.1) is 0 Å². The Balaban J connectivity index is 1.82. The summed E-state index contributed by atoms with van der Waals surface area (Å²) in [5.41, 5.74) is 3.36. The number of amides is 2. The van der Waals surface area contributed by atoms with Crippen LogP contribution in [-0.4, -0.2) is 29.3 Å². The molecule has 0 radical (unpaired) electrons. The lowest BCUT2D eigenvalue weighted by Gasteiger charge is -2.31. The highest BCUT2D eigenvalue weighted by Gasteiger charge is 2.28. The molecule has 4 nitrogen and oxygen atoms in total. The summed E-state index contributed by atoms with van der Waals surface area (Å²) in [6, 6.07) is 22.2. The molecule has 3 aromatic carbocycles. The standard InChI is InChI=1S/C28H34N2O2/c1-4-18-29-28(32)26(5-2)30(20-22-11-8-10-21(3)19-22)27(31)17-16-24-14-9-13-23-12-6-7-15-25(23)24/h6-15,19,26H,4-5,16-18,20H2,1-3H3,(H,29,32). The maximum Gasteiger partial charge on any atom is 0.242 e. The van der Waals surface area contributed by atoms with Crippen molar-refractivity contribution in [2.24, 2.45) is 0 Å². The Kier molecular flexibility index (Phi) is 8.43. The smallest absolute Gasteiger partial charge is 0.242 e. The summed E-state index contributed by atoms with van der Waals surface area (Å²) < 4.78 is 0. The molecule has 3 aromatic rings. The van der Waals surface area contributed by atoms with E-state index in [1.54, 1.807) is 4.90 Å². The molecule has 32 heavy (non-hydrogen) atoms. The van der Waals surface area contributed by atoms with Crippen molar-refractivity contribution in [2.45, 2.75) is 59.0 Å². The van der Waals surface area contributed by atoms with Gasteiger partial charge in [-0.2, -0.15) is 0 Å². The van der Waals surface area contributed by atoms with Crippen molar-refractivity contribution in [1.82, 2.24) is 10.2 Å². The first-order chi connectivity index (χ1) is 15.5. The van der Waals surface area contributed by atoms with Crippen LogP contribution in [0.15, 0.2) is 66.7 Å². The van der Waals surface area contributed by atoms with Crippen molar-refractivity contribution in [3.8, 4) is 0 Å². The largest absolute Gasteiger partial charge is 0.354 e. The third-order valence-electron chi connectivity index (χ3n) is 5.86. The summed E-state index contributed by atoms with van der Waals surface area (Å²) in [7, 11) is 0. The number of carbonyl (C=O) groups excluding carboxylic acids is 2. The van der Waals surface area contributed by atoms with Gasteiger partial charge in [-0.05, 0) is 48.1 Å². The topological polar surface area (TPSA) is 49.4 Å². The molecule has 2 amide bonds. The molecule has 1 N–H and O–H groups in total. The number of hydrogen-bond donors (Lipinski definition) is 1. The maximum atomic E-state index is 13.5. The predicted molar refractivity (Wildman–Crippen MR) is 131 cm³/mol. The SMILES string of the molecule is CCCNC(=O)C(CC)N(Cc1cccc(C)c1)C(=O)CCc1cccc2ccccc12. The van der Waals surface area contributed by atoms with Crippen molar-refractivity contribution in [3.63, 3.8) is 0 Å². The summed E-state index contributed by atoms with van der Waals surface area (Å²) in [5, 5.41) is 5.34. The van der Waals surface area contributed by atoms with Crippen LogP contribution >= 0.6 is 0 Å². The first kappa shape index (κ1) is 23.5. The van der Waals surface area contributed by atoms with Crippen LogP contribution < -0.4 is 5.32 Å². The van der Waals surface area contributed by atoms with Crippen LogP contribution in [0.4, 0.5) is 0 Å². The van der Waals surface area contributed by atoms with Gasteiger partial charge in [0.1, 0.15) is 6.04 Å². The Morgan fingerprint density at radius 2 is 1.72 bits per heavy atom. The monoisotopic (exact) mass is 430 g/mol. The Labute approximate surface area is 191 Å². The van der Waals surface area contributed by atoms with Crippen molar-refractivity contribution >= 4 is 22.6 Å². The normalized spacial score (nSPS) is 11.8. The molecule has 3 rings (SSSR count). The van der Waals surface area contributed by atoms with Crippen LogP contribution in [0.25, 0.3) is 10.8 Å². The number of rotatable bonds is 10. The van der Waals surface area contributed by atoms with Gasteiger partial charge in [0.25, 0.3) is 0 Å². The third kappa shape index (κ3) is 5.97. The average Bonchev–Trinajstić information content (AvgIpc) is 2.81. The van der Waals surface area contributed by atoms with E-state index < -0.39 is 6.04 Å². The minimum atomic E-state index is -0.470. The highest BCUT2D eigenvalue weighted by molar-refractivity contribution is 5.89. The zero-order chi connectivity index (χ0) is 22.9. The van der Waals surface area contributed by atoms with Gasteiger partial charge in [-0.1, -0.05) is 86.1 Å². The molecule has 168 valence electrons. The number of benzene rings is 3. The van der Waals surface area contributed by atoms with E-state index in [0.717, 1.165) is 23.1 Å². The van der Waals surface area contributed by atoms with Crippen LogP contribution in [-0.2, 0) is 22.6 Å². The highest BCUT2D eigenvalue weighted by Crippen LogP contribution is 2.21. The minimum Gasteiger partial charge on any atom is -0.354 e. The quantitative estimate of drug-likeness (QED) is 0.467. The molecule has 0 spiro atoms.